The number of hydrogen-bond acceptors (Lipinski definition) is 5. The van der Waals surface area contributed by atoms with Crippen LogP contribution in [0.4, 0.5) is 11.4 Å². The number of carbonyl (C=O) groups is 2. The molecule has 0 aromatic heterocycles. The second-order valence-corrected chi connectivity index (χ2v) is 7.93. The molecule has 2 amide bonds. The Morgan fingerprint density at radius 1 is 1.25 bits per heavy atom. The first kappa shape index (κ1) is 20.1. The van der Waals surface area contributed by atoms with E-state index in [0.717, 1.165) is 11.3 Å². The van der Waals surface area contributed by atoms with Gasteiger partial charge >= 0.3 is 0 Å². The molecule has 1 aliphatic heterocycles. The lowest BCUT2D eigenvalue weighted by molar-refractivity contribution is -0.128. The fraction of sp³-hybridized carbons (Fsp3) is 0.286. The molecule has 1 saturated heterocycles. The number of amides is 2. The van der Waals surface area contributed by atoms with E-state index >= 15 is 0 Å². The van der Waals surface area contributed by atoms with Crippen molar-refractivity contribution in [3.8, 4) is 0 Å². The van der Waals surface area contributed by atoms with Crippen molar-refractivity contribution in [1.29, 1.82) is 0 Å². The molecule has 0 saturated carbocycles. The first-order valence-electron chi connectivity index (χ1n) is 9.09. The van der Waals surface area contributed by atoms with Crippen molar-refractivity contribution in [2.45, 2.75) is 31.6 Å². The van der Waals surface area contributed by atoms with Crippen LogP contribution in [0, 0.1) is 6.92 Å². The number of anilines is 1. The van der Waals surface area contributed by atoms with Gasteiger partial charge in [-0.3, -0.25) is 14.5 Å². The van der Waals surface area contributed by atoms with Gasteiger partial charge < -0.3 is 10.4 Å². The van der Waals surface area contributed by atoms with Gasteiger partial charge in [0.25, 0.3) is 0 Å². The highest BCUT2D eigenvalue weighted by Crippen LogP contribution is 2.32. The zero-order valence-corrected chi connectivity index (χ0v) is 16.6. The summed E-state index contributed by atoms with van der Waals surface area (Å²) in [6, 6.07) is 16.8. The maximum atomic E-state index is 12.8. The number of aliphatic hydroxyl groups excluding tert-OH is 1. The summed E-state index contributed by atoms with van der Waals surface area (Å²) >= 11 is 1.26. The fourth-order valence-electron chi connectivity index (χ4n) is 2.87. The number of amidine groups is 1. The maximum Gasteiger partial charge on any atom is 0.242 e. The van der Waals surface area contributed by atoms with Crippen molar-refractivity contribution in [3.63, 3.8) is 0 Å². The summed E-state index contributed by atoms with van der Waals surface area (Å²) in [6.45, 7) is 3.72. The molecule has 1 heterocycles. The minimum absolute atomic E-state index is 0.0432. The largest absolute Gasteiger partial charge is 0.392 e. The van der Waals surface area contributed by atoms with Gasteiger partial charge in [-0.25, -0.2) is 4.99 Å². The lowest BCUT2D eigenvalue weighted by Gasteiger charge is -2.18. The lowest BCUT2D eigenvalue weighted by atomic mass is 10.2. The number of para-hydroxylation sites is 1. The number of aliphatic hydroxyl groups is 1. The Labute approximate surface area is 168 Å². The van der Waals surface area contributed by atoms with E-state index < -0.39 is 11.4 Å². The number of nitrogens with one attached hydrogen (secondary N) is 1. The van der Waals surface area contributed by atoms with Gasteiger partial charge in [-0.2, -0.15) is 0 Å². The summed E-state index contributed by atoms with van der Waals surface area (Å²) in [6.07, 6.45) is -0.646. The van der Waals surface area contributed by atoms with E-state index in [4.69, 9.17) is 0 Å². The van der Waals surface area contributed by atoms with Gasteiger partial charge in [-0.15, -0.1) is 0 Å². The smallest absolute Gasteiger partial charge is 0.242 e. The molecule has 28 heavy (non-hydrogen) atoms. The number of hydrogen-bond donors (Lipinski definition) is 2. The number of nitrogens with zero attached hydrogens (tertiary/aromatic N) is 2. The number of aliphatic imine (C=N–C) groups is 1. The van der Waals surface area contributed by atoms with Crippen molar-refractivity contribution < 1.29 is 14.7 Å². The normalized spacial score (nSPS) is 19.1. The average molecular weight is 398 g/mol. The fourth-order valence-corrected chi connectivity index (χ4v) is 4.04. The Kier molecular flexibility index (Phi) is 6.49. The van der Waals surface area contributed by atoms with Gasteiger partial charge in [0.15, 0.2) is 5.17 Å². The molecule has 1 aliphatic rings. The third-order valence-corrected chi connectivity index (χ3v) is 5.30. The van der Waals surface area contributed by atoms with Crippen molar-refractivity contribution >= 4 is 40.1 Å². The monoisotopic (exact) mass is 397 g/mol. The summed E-state index contributed by atoms with van der Waals surface area (Å²) in [4.78, 5) is 31.3. The second kappa shape index (κ2) is 9.03. The molecule has 7 heteroatoms. The Morgan fingerprint density at radius 2 is 2.00 bits per heavy atom. The summed E-state index contributed by atoms with van der Waals surface area (Å²) in [5, 5.41) is 12.5. The van der Waals surface area contributed by atoms with E-state index in [9.17, 15) is 14.7 Å². The Bertz CT molecular complexity index is 883. The van der Waals surface area contributed by atoms with Gasteiger partial charge in [0, 0.05) is 12.1 Å². The second-order valence-electron chi connectivity index (χ2n) is 6.76. The zero-order valence-electron chi connectivity index (χ0n) is 15.8. The third kappa shape index (κ3) is 5.21. The van der Waals surface area contributed by atoms with E-state index in [2.05, 4.69) is 10.3 Å². The standard InChI is InChI=1S/C21H23N3O3S/c1-14-7-6-10-17(11-14)22-19(26)12-18-20(27)24(13-15(2)25)21(28-18)23-16-8-4-3-5-9-16/h3-11,15,18,25H,12-13H2,1-2H3,(H,22,26). The van der Waals surface area contributed by atoms with Crippen molar-refractivity contribution in [1.82, 2.24) is 4.90 Å². The topological polar surface area (TPSA) is 82.0 Å². The maximum absolute atomic E-state index is 12.8. The number of rotatable bonds is 6. The van der Waals surface area contributed by atoms with Crippen LogP contribution in [0.15, 0.2) is 59.6 Å². The van der Waals surface area contributed by atoms with Gasteiger partial charge in [0.2, 0.25) is 11.8 Å². The van der Waals surface area contributed by atoms with Gasteiger partial charge in [-0.05, 0) is 43.7 Å². The molecule has 0 bridgehead atoms. The van der Waals surface area contributed by atoms with Crippen molar-refractivity contribution in [3.05, 3.63) is 60.2 Å². The predicted octanol–water partition coefficient (Wildman–Crippen LogP) is 3.34. The average Bonchev–Trinajstić information content (AvgIpc) is 2.91. The lowest BCUT2D eigenvalue weighted by Crippen LogP contribution is -2.38. The molecule has 2 atom stereocenters. The molecule has 146 valence electrons. The summed E-state index contributed by atoms with van der Waals surface area (Å²) in [5.41, 5.74) is 2.47. The molecule has 0 radical (unpaired) electrons. The molecule has 2 aromatic rings. The van der Waals surface area contributed by atoms with Crippen LogP contribution in [0.25, 0.3) is 0 Å². The molecular formula is C21H23N3O3S. The molecule has 0 spiro atoms. The minimum Gasteiger partial charge on any atom is -0.392 e. The van der Waals surface area contributed by atoms with Crippen LogP contribution in [0.2, 0.25) is 0 Å². The molecule has 3 rings (SSSR count). The number of β-amino-alcohol motifs (C(OH)–C–C–N with tert-alkyl or cyclic N) is 1. The Morgan fingerprint density at radius 3 is 2.68 bits per heavy atom. The van der Waals surface area contributed by atoms with E-state index in [-0.39, 0.29) is 24.8 Å². The summed E-state index contributed by atoms with van der Waals surface area (Å²) in [7, 11) is 0. The molecule has 1 fully saturated rings. The minimum atomic E-state index is -0.689. The molecule has 6 nitrogen and oxygen atoms in total. The number of carbonyl (C=O) groups excluding carboxylic acids is 2. The van der Waals surface area contributed by atoms with Crippen LogP contribution >= 0.6 is 11.8 Å². The van der Waals surface area contributed by atoms with Crippen LogP contribution in [-0.2, 0) is 9.59 Å². The highest BCUT2D eigenvalue weighted by molar-refractivity contribution is 8.15. The summed E-state index contributed by atoms with van der Waals surface area (Å²) < 4.78 is 0. The molecule has 2 N–H and O–H groups in total. The molecule has 2 unspecified atom stereocenters. The molecular weight excluding hydrogens is 374 g/mol. The molecule has 0 aliphatic carbocycles. The van der Waals surface area contributed by atoms with Crippen LogP contribution in [0.3, 0.4) is 0 Å². The SMILES string of the molecule is Cc1cccc(NC(=O)CC2SC(=Nc3ccccc3)N(CC(C)O)C2=O)c1. The van der Waals surface area contributed by atoms with Crippen LogP contribution in [0.1, 0.15) is 18.9 Å². The van der Waals surface area contributed by atoms with Gasteiger partial charge in [0.05, 0.1) is 18.3 Å². The van der Waals surface area contributed by atoms with Gasteiger partial charge in [0.1, 0.15) is 5.25 Å². The van der Waals surface area contributed by atoms with E-state index in [0.29, 0.717) is 10.9 Å². The van der Waals surface area contributed by atoms with Crippen molar-refractivity contribution in [2.24, 2.45) is 4.99 Å². The zero-order chi connectivity index (χ0) is 20.1. The van der Waals surface area contributed by atoms with Crippen LogP contribution < -0.4 is 5.32 Å². The highest BCUT2D eigenvalue weighted by Gasteiger charge is 2.39. The number of aryl methyl sites for hydroxylation is 1. The number of thioether (sulfide) groups is 1. The first-order chi connectivity index (χ1) is 13.4. The predicted molar refractivity (Wildman–Crippen MR) is 113 cm³/mol. The van der Waals surface area contributed by atoms with E-state index in [1.807, 2.05) is 61.5 Å². The van der Waals surface area contributed by atoms with Crippen LogP contribution in [0.5, 0.6) is 0 Å². The van der Waals surface area contributed by atoms with Crippen LogP contribution in [-0.4, -0.2) is 44.9 Å². The number of benzene rings is 2. The van der Waals surface area contributed by atoms with Crippen molar-refractivity contribution in [2.75, 3.05) is 11.9 Å². The van der Waals surface area contributed by atoms with E-state index in [1.165, 1.54) is 16.7 Å². The first-order valence-corrected chi connectivity index (χ1v) is 9.96. The highest BCUT2D eigenvalue weighted by atomic mass is 32.2. The van der Waals surface area contributed by atoms with Gasteiger partial charge in [-0.1, -0.05) is 42.1 Å². The molecule has 2 aromatic carbocycles. The quantitative estimate of drug-likeness (QED) is 0.783. The Hall–Kier alpha value is -2.64. The van der Waals surface area contributed by atoms with E-state index in [1.54, 1.807) is 6.92 Å². The Balaban J connectivity index is 1.73. The summed E-state index contributed by atoms with van der Waals surface area (Å²) in [5.74, 6) is -0.436. The third-order valence-electron chi connectivity index (χ3n) is 4.12.